The van der Waals surface area contributed by atoms with Gasteiger partial charge >= 0.3 is 12.2 Å². The van der Waals surface area contributed by atoms with Crippen LogP contribution in [0.4, 0.5) is 9.59 Å². The van der Waals surface area contributed by atoms with E-state index in [1.165, 1.54) is 4.90 Å². The Morgan fingerprint density at radius 1 is 0.973 bits per heavy atom. The molecule has 5 rings (SSSR count). The Bertz CT molecular complexity index is 1140. The average molecular weight is 506 g/mol. The van der Waals surface area contributed by atoms with E-state index in [1.807, 2.05) is 69.3 Å². The summed E-state index contributed by atoms with van der Waals surface area (Å²) in [5.74, 6) is -0.623. The van der Waals surface area contributed by atoms with Crippen LogP contribution in [0.3, 0.4) is 0 Å². The summed E-state index contributed by atoms with van der Waals surface area (Å²) in [7, 11) is 0. The zero-order valence-corrected chi connectivity index (χ0v) is 21.8. The molecule has 37 heavy (non-hydrogen) atoms. The third-order valence-electron chi connectivity index (χ3n) is 7.44. The van der Waals surface area contributed by atoms with Gasteiger partial charge in [0.2, 0.25) is 5.91 Å². The molecule has 3 aliphatic heterocycles. The van der Waals surface area contributed by atoms with Gasteiger partial charge in [0.1, 0.15) is 12.2 Å². The molecule has 3 saturated heterocycles. The van der Waals surface area contributed by atoms with Gasteiger partial charge in [0.25, 0.3) is 0 Å². The predicted molar refractivity (Wildman–Crippen MR) is 138 cm³/mol. The quantitative estimate of drug-likeness (QED) is 0.612. The molecule has 3 amide bonds. The van der Waals surface area contributed by atoms with Gasteiger partial charge in [-0.3, -0.25) is 9.69 Å². The van der Waals surface area contributed by atoms with Crippen molar-refractivity contribution in [2.24, 2.45) is 11.3 Å². The largest absolute Gasteiger partial charge is 0.447 e. The van der Waals surface area contributed by atoms with Gasteiger partial charge in [-0.25, -0.2) is 14.5 Å². The summed E-state index contributed by atoms with van der Waals surface area (Å²) in [6.07, 6.45) is -0.394. The van der Waals surface area contributed by atoms with Crippen LogP contribution in [0.15, 0.2) is 60.7 Å². The fourth-order valence-corrected chi connectivity index (χ4v) is 5.80. The number of cyclic esters (lactones) is 1. The lowest BCUT2D eigenvalue weighted by Gasteiger charge is -2.50. The van der Waals surface area contributed by atoms with Crippen LogP contribution in [-0.4, -0.2) is 77.2 Å². The number of amides is 3. The van der Waals surface area contributed by atoms with E-state index in [2.05, 4.69) is 17.0 Å². The molecule has 3 aliphatic rings. The SMILES string of the molecule is CC(C)(C)OC(=O)N1CC2(CN(Cc3ccccc3)C[C@@H]2C(=O)N2C(=O)OCC2Cc2ccccc2)C1. The third-order valence-corrected chi connectivity index (χ3v) is 7.44. The zero-order valence-electron chi connectivity index (χ0n) is 21.8. The van der Waals surface area contributed by atoms with Crippen molar-refractivity contribution < 1.29 is 23.9 Å². The first-order chi connectivity index (χ1) is 17.6. The maximum atomic E-state index is 14.0. The molecular weight excluding hydrogens is 470 g/mol. The maximum Gasteiger partial charge on any atom is 0.416 e. The highest BCUT2D eigenvalue weighted by atomic mass is 16.6. The number of benzene rings is 2. The molecule has 0 aromatic heterocycles. The Kier molecular flexibility index (Phi) is 6.70. The average Bonchev–Trinajstić information content (AvgIpc) is 3.38. The van der Waals surface area contributed by atoms with Crippen molar-refractivity contribution in [1.29, 1.82) is 0 Å². The van der Waals surface area contributed by atoms with Gasteiger partial charge in [0, 0.05) is 38.1 Å². The van der Waals surface area contributed by atoms with Crippen LogP contribution in [0.2, 0.25) is 0 Å². The summed E-state index contributed by atoms with van der Waals surface area (Å²) in [5.41, 5.74) is 1.20. The minimum atomic E-state index is -0.589. The number of carbonyl (C=O) groups excluding carboxylic acids is 3. The second-order valence-electron chi connectivity index (χ2n) is 11.5. The summed E-state index contributed by atoms with van der Waals surface area (Å²) in [6.45, 7) is 8.47. The lowest BCUT2D eigenvalue weighted by Crippen LogP contribution is -2.65. The summed E-state index contributed by atoms with van der Waals surface area (Å²) >= 11 is 0. The Balaban J connectivity index is 1.35. The third kappa shape index (κ3) is 5.34. The molecule has 2 aromatic rings. The van der Waals surface area contributed by atoms with E-state index < -0.39 is 23.0 Å². The van der Waals surface area contributed by atoms with E-state index in [0.29, 0.717) is 39.1 Å². The number of imide groups is 1. The normalized spacial score (nSPS) is 23.2. The standard InChI is InChI=1S/C29H35N3O5/c1-28(2,3)37-26(34)31-19-29(20-31)18-30(15-22-12-8-5-9-13-22)16-24(29)25(33)32-23(17-36-27(32)35)14-21-10-6-4-7-11-21/h4-13,23-24H,14-20H2,1-3H3/t23?,24-/m1/s1. The molecule has 2 aromatic carbocycles. The molecule has 8 heteroatoms. The van der Waals surface area contributed by atoms with Crippen LogP contribution in [0.5, 0.6) is 0 Å². The fourth-order valence-electron chi connectivity index (χ4n) is 5.80. The van der Waals surface area contributed by atoms with Crippen molar-refractivity contribution in [2.45, 2.75) is 45.4 Å². The van der Waals surface area contributed by atoms with Gasteiger partial charge < -0.3 is 14.4 Å². The molecular formula is C29H35N3O5. The van der Waals surface area contributed by atoms with E-state index in [-0.39, 0.29) is 24.6 Å². The van der Waals surface area contributed by atoms with Crippen molar-refractivity contribution in [2.75, 3.05) is 32.8 Å². The molecule has 1 spiro atoms. The minimum absolute atomic E-state index is 0.191. The Labute approximate surface area is 218 Å². The number of ether oxygens (including phenoxy) is 2. The molecule has 3 fully saturated rings. The van der Waals surface area contributed by atoms with Crippen molar-refractivity contribution in [3.05, 3.63) is 71.8 Å². The van der Waals surface area contributed by atoms with Gasteiger partial charge in [-0.1, -0.05) is 60.7 Å². The first-order valence-electron chi connectivity index (χ1n) is 12.9. The first-order valence-corrected chi connectivity index (χ1v) is 12.9. The van der Waals surface area contributed by atoms with E-state index in [0.717, 1.165) is 11.1 Å². The Morgan fingerprint density at radius 3 is 2.22 bits per heavy atom. The highest BCUT2D eigenvalue weighted by molar-refractivity contribution is 5.95. The smallest absolute Gasteiger partial charge is 0.416 e. The summed E-state index contributed by atoms with van der Waals surface area (Å²) in [4.78, 5) is 44.8. The number of likely N-dealkylation sites (tertiary alicyclic amines) is 2. The number of hydrogen-bond donors (Lipinski definition) is 0. The minimum Gasteiger partial charge on any atom is -0.447 e. The first kappa shape index (κ1) is 25.3. The Morgan fingerprint density at radius 2 is 1.59 bits per heavy atom. The summed E-state index contributed by atoms with van der Waals surface area (Å²) in [5, 5.41) is 0. The van der Waals surface area contributed by atoms with Gasteiger partial charge in [-0.2, -0.15) is 0 Å². The van der Waals surface area contributed by atoms with Gasteiger partial charge in [-0.05, 0) is 38.3 Å². The van der Waals surface area contributed by atoms with Crippen LogP contribution in [-0.2, 0) is 27.2 Å². The molecule has 0 N–H and O–H groups in total. The van der Waals surface area contributed by atoms with Crippen molar-refractivity contribution in [3.63, 3.8) is 0 Å². The predicted octanol–water partition coefficient (Wildman–Crippen LogP) is 3.95. The number of nitrogens with zero attached hydrogens (tertiary/aromatic N) is 3. The molecule has 0 aliphatic carbocycles. The molecule has 0 saturated carbocycles. The highest BCUT2D eigenvalue weighted by Crippen LogP contribution is 2.46. The van der Waals surface area contributed by atoms with Crippen molar-refractivity contribution in [1.82, 2.24) is 14.7 Å². The molecule has 196 valence electrons. The van der Waals surface area contributed by atoms with Gasteiger partial charge in [0.15, 0.2) is 0 Å². The number of carbonyl (C=O) groups is 3. The van der Waals surface area contributed by atoms with Crippen LogP contribution < -0.4 is 0 Å². The maximum absolute atomic E-state index is 14.0. The van der Waals surface area contributed by atoms with Crippen molar-refractivity contribution in [3.8, 4) is 0 Å². The van der Waals surface area contributed by atoms with Crippen LogP contribution in [0, 0.1) is 11.3 Å². The molecule has 3 heterocycles. The molecule has 8 nitrogen and oxygen atoms in total. The van der Waals surface area contributed by atoms with Gasteiger partial charge in [0.05, 0.1) is 12.0 Å². The lowest BCUT2D eigenvalue weighted by molar-refractivity contribution is -0.141. The van der Waals surface area contributed by atoms with E-state index in [9.17, 15) is 14.4 Å². The summed E-state index contributed by atoms with van der Waals surface area (Å²) in [6, 6.07) is 19.6. The van der Waals surface area contributed by atoms with E-state index >= 15 is 0 Å². The molecule has 0 bridgehead atoms. The monoisotopic (exact) mass is 505 g/mol. The zero-order chi connectivity index (χ0) is 26.2. The van der Waals surface area contributed by atoms with Crippen LogP contribution in [0.1, 0.15) is 31.9 Å². The molecule has 0 radical (unpaired) electrons. The molecule has 2 atom stereocenters. The highest BCUT2D eigenvalue weighted by Gasteiger charge is 2.60. The van der Waals surface area contributed by atoms with Crippen LogP contribution in [0.25, 0.3) is 0 Å². The summed E-state index contributed by atoms with van der Waals surface area (Å²) < 4.78 is 10.9. The Hall–Kier alpha value is -3.39. The lowest BCUT2D eigenvalue weighted by atomic mass is 9.71. The topological polar surface area (TPSA) is 79.4 Å². The second-order valence-corrected chi connectivity index (χ2v) is 11.5. The van der Waals surface area contributed by atoms with Crippen LogP contribution >= 0.6 is 0 Å². The number of hydrogen-bond acceptors (Lipinski definition) is 6. The fraction of sp³-hybridized carbons (Fsp3) is 0.483. The van der Waals surface area contributed by atoms with Gasteiger partial charge in [-0.15, -0.1) is 0 Å². The van der Waals surface area contributed by atoms with E-state index in [4.69, 9.17) is 9.47 Å². The van der Waals surface area contributed by atoms with E-state index in [1.54, 1.807) is 4.90 Å². The molecule has 1 unspecified atom stereocenters. The second kappa shape index (κ2) is 9.82. The van der Waals surface area contributed by atoms with Crippen molar-refractivity contribution >= 4 is 18.1 Å². The number of rotatable bonds is 5.